The Morgan fingerprint density at radius 1 is 1.44 bits per heavy atom. The summed E-state index contributed by atoms with van der Waals surface area (Å²) in [7, 11) is 0. The van der Waals surface area contributed by atoms with Crippen LogP contribution in [0.3, 0.4) is 0 Å². The normalized spacial score (nSPS) is 13.7. The van der Waals surface area contributed by atoms with Crippen molar-refractivity contribution in [1.82, 2.24) is 0 Å². The maximum atomic E-state index is 10.9. The van der Waals surface area contributed by atoms with Crippen molar-refractivity contribution in [3.8, 4) is 0 Å². The molecule has 1 rings (SSSR count). The monoisotopic (exact) mass is 248 g/mol. The van der Waals surface area contributed by atoms with Crippen molar-refractivity contribution in [3.63, 3.8) is 0 Å². The zero-order chi connectivity index (χ0) is 13.6. The van der Waals surface area contributed by atoms with Crippen molar-refractivity contribution in [2.75, 3.05) is 6.61 Å². The van der Waals surface area contributed by atoms with Crippen molar-refractivity contribution in [1.29, 1.82) is 0 Å². The van der Waals surface area contributed by atoms with Gasteiger partial charge in [0.2, 0.25) is 0 Å². The molecule has 0 aliphatic rings. The van der Waals surface area contributed by atoms with Gasteiger partial charge in [-0.05, 0) is 24.5 Å². The Morgan fingerprint density at radius 2 is 2.06 bits per heavy atom. The maximum Gasteiger partial charge on any atom is 0.330 e. The minimum absolute atomic E-state index is 0.342. The quantitative estimate of drug-likeness (QED) is 0.621. The number of rotatable bonds is 6. The zero-order valence-corrected chi connectivity index (χ0v) is 11.0. The van der Waals surface area contributed by atoms with E-state index in [-0.39, 0.29) is 0 Å². The first kappa shape index (κ1) is 14.5. The number of benzene rings is 1. The fourth-order valence-corrected chi connectivity index (χ4v) is 1.56. The molecule has 0 aliphatic heterocycles. The van der Waals surface area contributed by atoms with Crippen LogP contribution in [0.2, 0.25) is 0 Å². The number of ether oxygens (including phenoxy) is 1. The van der Waals surface area contributed by atoms with Gasteiger partial charge in [0.15, 0.2) is 0 Å². The molecule has 0 bridgehead atoms. The van der Waals surface area contributed by atoms with E-state index >= 15 is 0 Å². The highest BCUT2D eigenvalue weighted by molar-refractivity contribution is 5.81. The summed E-state index contributed by atoms with van der Waals surface area (Å²) in [5, 5.41) is 10.1. The third kappa shape index (κ3) is 4.00. The lowest BCUT2D eigenvalue weighted by Crippen LogP contribution is -2.19. The molecule has 0 aromatic heterocycles. The van der Waals surface area contributed by atoms with Crippen LogP contribution in [0.4, 0.5) is 0 Å². The number of carbonyl (C=O) groups is 1. The van der Waals surface area contributed by atoms with Crippen molar-refractivity contribution >= 4 is 5.97 Å². The first-order chi connectivity index (χ1) is 8.49. The minimum Gasteiger partial charge on any atom is -0.462 e. The largest absolute Gasteiger partial charge is 0.462 e. The third-order valence-corrected chi connectivity index (χ3v) is 3.07. The second-order valence-corrected chi connectivity index (χ2v) is 4.45. The second kappa shape index (κ2) is 6.36. The molecule has 0 aliphatic carbocycles. The summed E-state index contributed by atoms with van der Waals surface area (Å²) in [4.78, 5) is 10.9. The lowest BCUT2D eigenvalue weighted by Gasteiger charge is -2.22. The number of carbonyl (C=O) groups excluding carboxylic acids is 1. The predicted octanol–water partition coefficient (Wildman–Crippen LogP) is 2.58. The van der Waals surface area contributed by atoms with Gasteiger partial charge in [-0.3, -0.25) is 0 Å². The Labute approximate surface area is 108 Å². The van der Waals surface area contributed by atoms with Crippen LogP contribution in [-0.4, -0.2) is 17.7 Å². The lowest BCUT2D eigenvalue weighted by molar-refractivity contribution is -0.137. The van der Waals surface area contributed by atoms with Gasteiger partial charge in [0.1, 0.15) is 0 Å². The third-order valence-electron chi connectivity index (χ3n) is 3.07. The first-order valence-corrected chi connectivity index (χ1v) is 6.10. The van der Waals surface area contributed by atoms with Crippen LogP contribution in [0.25, 0.3) is 0 Å². The van der Waals surface area contributed by atoms with Crippen LogP contribution < -0.4 is 0 Å². The summed E-state index contributed by atoms with van der Waals surface area (Å²) in [6.45, 7) is 7.42. The van der Waals surface area contributed by atoms with Crippen LogP contribution in [0.15, 0.2) is 36.9 Å². The van der Waals surface area contributed by atoms with Gasteiger partial charge in [-0.2, -0.15) is 0 Å². The fourth-order valence-electron chi connectivity index (χ4n) is 1.56. The van der Waals surface area contributed by atoms with Crippen LogP contribution >= 0.6 is 0 Å². The Kier molecular flexibility index (Phi) is 5.10. The number of hydrogen-bond donors (Lipinski definition) is 1. The molecule has 1 unspecified atom stereocenters. The van der Waals surface area contributed by atoms with Gasteiger partial charge in [-0.25, -0.2) is 4.79 Å². The molecule has 1 aromatic rings. The van der Waals surface area contributed by atoms with E-state index < -0.39 is 11.6 Å². The van der Waals surface area contributed by atoms with E-state index in [9.17, 15) is 9.90 Å². The molecule has 1 atom stereocenters. The molecule has 3 heteroatoms. The molecular weight excluding hydrogens is 228 g/mol. The van der Waals surface area contributed by atoms with E-state index in [2.05, 4.69) is 6.58 Å². The van der Waals surface area contributed by atoms with Crippen LogP contribution in [0.1, 0.15) is 31.4 Å². The van der Waals surface area contributed by atoms with Gasteiger partial charge in [0, 0.05) is 12.5 Å². The summed E-state index contributed by atoms with van der Waals surface area (Å²) in [6, 6.07) is 7.71. The number of aliphatic hydroxyl groups is 1. The smallest absolute Gasteiger partial charge is 0.330 e. The first-order valence-electron chi connectivity index (χ1n) is 6.10. The molecule has 0 spiro atoms. The standard InChI is InChI=1S/C15H20O3/c1-4-14(16)18-11-10-12-6-8-13(9-7-12)15(3,17)5-2/h4,6-9,17H,1,5,10-11H2,2-3H3. The Bertz CT molecular complexity index is 404. The SMILES string of the molecule is C=CC(=O)OCCc1ccc(C(C)(O)CC)cc1. The summed E-state index contributed by atoms with van der Waals surface area (Å²) >= 11 is 0. The van der Waals surface area contributed by atoms with Gasteiger partial charge in [-0.1, -0.05) is 37.8 Å². The van der Waals surface area contributed by atoms with E-state index in [1.165, 1.54) is 0 Å². The molecule has 0 radical (unpaired) electrons. The van der Waals surface area contributed by atoms with E-state index in [4.69, 9.17) is 4.74 Å². The summed E-state index contributed by atoms with van der Waals surface area (Å²) in [5.74, 6) is -0.402. The molecule has 0 amide bonds. The molecule has 1 N–H and O–H groups in total. The highest BCUT2D eigenvalue weighted by Gasteiger charge is 2.19. The highest BCUT2D eigenvalue weighted by atomic mass is 16.5. The molecule has 0 heterocycles. The molecule has 0 saturated carbocycles. The maximum absolute atomic E-state index is 10.9. The van der Waals surface area contributed by atoms with Crippen molar-refractivity contribution < 1.29 is 14.6 Å². The molecule has 0 saturated heterocycles. The topological polar surface area (TPSA) is 46.5 Å². The van der Waals surface area contributed by atoms with Crippen LogP contribution in [-0.2, 0) is 21.6 Å². The number of esters is 1. The highest BCUT2D eigenvalue weighted by Crippen LogP contribution is 2.24. The fraction of sp³-hybridized carbons (Fsp3) is 0.400. The number of hydrogen-bond acceptors (Lipinski definition) is 3. The van der Waals surface area contributed by atoms with Crippen LogP contribution in [0.5, 0.6) is 0 Å². The van der Waals surface area contributed by atoms with E-state index in [0.29, 0.717) is 19.4 Å². The van der Waals surface area contributed by atoms with Gasteiger partial charge in [0.05, 0.1) is 12.2 Å². The van der Waals surface area contributed by atoms with E-state index in [0.717, 1.165) is 17.2 Å². The average Bonchev–Trinajstić information content (AvgIpc) is 2.39. The minimum atomic E-state index is -0.784. The van der Waals surface area contributed by atoms with Crippen molar-refractivity contribution in [2.24, 2.45) is 0 Å². The van der Waals surface area contributed by atoms with Crippen molar-refractivity contribution in [2.45, 2.75) is 32.3 Å². The average molecular weight is 248 g/mol. The molecule has 98 valence electrons. The van der Waals surface area contributed by atoms with Gasteiger partial charge >= 0.3 is 5.97 Å². The zero-order valence-electron chi connectivity index (χ0n) is 11.0. The van der Waals surface area contributed by atoms with Gasteiger partial charge in [0.25, 0.3) is 0 Å². The second-order valence-electron chi connectivity index (χ2n) is 4.45. The molecule has 3 nitrogen and oxygen atoms in total. The Hall–Kier alpha value is -1.61. The Balaban J connectivity index is 2.56. The summed E-state index contributed by atoms with van der Waals surface area (Å²) in [5.41, 5.74) is 1.19. The molecule has 18 heavy (non-hydrogen) atoms. The van der Waals surface area contributed by atoms with E-state index in [1.807, 2.05) is 31.2 Å². The van der Waals surface area contributed by atoms with Crippen LogP contribution in [0, 0.1) is 0 Å². The summed E-state index contributed by atoms with van der Waals surface area (Å²) in [6.07, 6.45) is 2.49. The molecule has 1 aromatic carbocycles. The van der Waals surface area contributed by atoms with Gasteiger partial charge in [-0.15, -0.1) is 0 Å². The molecule has 0 fully saturated rings. The van der Waals surface area contributed by atoms with E-state index in [1.54, 1.807) is 6.92 Å². The predicted molar refractivity (Wildman–Crippen MR) is 71.2 cm³/mol. The molecular formula is C15H20O3. The lowest BCUT2D eigenvalue weighted by atomic mass is 9.92. The Morgan fingerprint density at radius 3 is 2.56 bits per heavy atom. The van der Waals surface area contributed by atoms with Crippen molar-refractivity contribution in [3.05, 3.63) is 48.0 Å². The summed E-state index contributed by atoms with van der Waals surface area (Å²) < 4.78 is 4.91. The van der Waals surface area contributed by atoms with Gasteiger partial charge < -0.3 is 9.84 Å².